The first-order valence-electron chi connectivity index (χ1n) is 8.29. The maximum absolute atomic E-state index is 13.2. The Morgan fingerprint density at radius 1 is 0.680 bits per heavy atom. The van der Waals surface area contributed by atoms with Gasteiger partial charge >= 0.3 is 0 Å². The molecule has 0 bridgehead atoms. The Hall–Kier alpha value is -3.20. The fourth-order valence-corrected chi connectivity index (χ4v) is 3.88. The number of carbonyl (C=O) groups excluding carboxylic acids is 2. The number of ketones is 2. The van der Waals surface area contributed by atoms with Crippen LogP contribution in [0.5, 0.6) is 5.75 Å². The molecule has 0 saturated carbocycles. The van der Waals surface area contributed by atoms with Crippen LogP contribution in [0.25, 0.3) is 0 Å². The molecule has 3 heteroatoms. The summed E-state index contributed by atoms with van der Waals surface area (Å²) in [6.45, 7) is 0.485. The Labute approximate surface area is 144 Å². The second-order valence-corrected chi connectivity index (χ2v) is 6.38. The molecule has 3 nitrogen and oxygen atoms in total. The van der Waals surface area contributed by atoms with Crippen molar-refractivity contribution in [3.8, 4) is 5.75 Å². The lowest BCUT2D eigenvalue weighted by Gasteiger charge is -2.22. The molecule has 1 aliphatic heterocycles. The van der Waals surface area contributed by atoms with E-state index in [9.17, 15) is 9.59 Å². The van der Waals surface area contributed by atoms with Crippen LogP contribution in [-0.2, 0) is 0 Å². The van der Waals surface area contributed by atoms with E-state index in [0.717, 1.165) is 16.9 Å². The van der Waals surface area contributed by atoms with Crippen LogP contribution in [0.1, 0.15) is 48.9 Å². The van der Waals surface area contributed by atoms with Crippen LogP contribution in [0, 0.1) is 0 Å². The third-order valence-electron chi connectivity index (χ3n) is 5.06. The third kappa shape index (κ3) is 1.92. The van der Waals surface area contributed by atoms with E-state index in [0.29, 0.717) is 28.9 Å². The van der Waals surface area contributed by atoms with Gasteiger partial charge in [0.1, 0.15) is 5.75 Å². The van der Waals surface area contributed by atoms with Crippen LogP contribution in [0.4, 0.5) is 0 Å². The monoisotopic (exact) mass is 326 g/mol. The van der Waals surface area contributed by atoms with Crippen LogP contribution in [-0.4, -0.2) is 18.2 Å². The van der Waals surface area contributed by atoms with E-state index < -0.39 is 0 Å². The standard InChI is InChI=1S/C22H14O3/c23-21-15-7-1-2-8-16(15)22(24)20-14(9-5-10-17(20)21)18-12-25-19-11-4-3-6-13(18)19/h1-11,18H,12H2. The van der Waals surface area contributed by atoms with E-state index in [4.69, 9.17) is 4.74 Å². The maximum atomic E-state index is 13.2. The van der Waals surface area contributed by atoms with Crippen molar-refractivity contribution in [1.82, 2.24) is 0 Å². The molecular formula is C22H14O3. The molecule has 0 fully saturated rings. The van der Waals surface area contributed by atoms with Gasteiger partial charge < -0.3 is 4.74 Å². The molecule has 1 atom stereocenters. The van der Waals surface area contributed by atoms with Crippen molar-refractivity contribution in [2.75, 3.05) is 6.61 Å². The first-order chi connectivity index (χ1) is 12.3. The van der Waals surface area contributed by atoms with Crippen molar-refractivity contribution >= 4 is 11.6 Å². The third-order valence-corrected chi connectivity index (χ3v) is 5.06. The van der Waals surface area contributed by atoms with Crippen molar-refractivity contribution in [3.05, 3.63) is 100 Å². The summed E-state index contributed by atoms with van der Waals surface area (Å²) in [4.78, 5) is 26.0. The lowest BCUT2D eigenvalue weighted by Crippen LogP contribution is -2.23. The molecule has 0 saturated heterocycles. The highest BCUT2D eigenvalue weighted by atomic mass is 16.5. The fraction of sp³-hybridized carbons (Fsp3) is 0.0909. The van der Waals surface area contributed by atoms with Gasteiger partial charge in [-0.2, -0.15) is 0 Å². The number of hydrogen-bond donors (Lipinski definition) is 0. The van der Waals surface area contributed by atoms with Gasteiger partial charge in [0.2, 0.25) is 0 Å². The summed E-state index contributed by atoms with van der Waals surface area (Å²) in [6, 6.07) is 20.4. The SMILES string of the molecule is O=C1c2ccccc2C(=O)c2c1cccc2C1COc2ccccc21. The number of rotatable bonds is 1. The Morgan fingerprint density at radius 2 is 1.32 bits per heavy atom. The Morgan fingerprint density at radius 3 is 2.16 bits per heavy atom. The van der Waals surface area contributed by atoms with Crippen molar-refractivity contribution in [1.29, 1.82) is 0 Å². The quantitative estimate of drug-likeness (QED) is 0.531. The van der Waals surface area contributed by atoms with Crippen molar-refractivity contribution in [3.63, 3.8) is 0 Å². The number of carbonyl (C=O) groups is 2. The second-order valence-electron chi connectivity index (χ2n) is 6.38. The van der Waals surface area contributed by atoms with E-state index in [2.05, 4.69) is 0 Å². The number of fused-ring (bicyclic) bond motifs is 3. The predicted molar refractivity (Wildman–Crippen MR) is 93.5 cm³/mol. The zero-order valence-electron chi connectivity index (χ0n) is 13.4. The molecular weight excluding hydrogens is 312 g/mol. The average molecular weight is 326 g/mol. The molecule has 2 aliphatic rings. The summed E-state index contributed by atoms with van der Waals surface area (Å²) < 4.78 is 5.79. The smallest absolute Gasteiger partial charge is 0.194 e. The maximum Gasteiger partial charge on any atom is 0.194 e. The highest BCUT2D eigenvalue weighted by Gasteiger charge is 2.35. The molecule has 0 N–H and O–H groups in total. The molecule has 1 heterocycles. The molecule has 0 spiro atoms. The van der Waals surface area contributed by atoms with Crippen LogP contribution in [0.3, 0.4) is 0 Å². The lowest BCUT2D eigenvalue weighted by molar-refractivity contribution is 0.0978. The van der Waals surface area contributed by atoms with Gasteiger partial charge in [0.05, 0.1) is 6.61 Å². The van der Waals surface area contributed by atoms with E-state index in [1.165, 1.54) is 0 Å². The molecule has 0 amide bonds. The fourth-order valence-electron chi connectivity index (χ4n) is 3.88. The number of hydrogen-bond acceptors (Lipinski definition) is 3. The van der Waals surface area contributed by atoms with Crippen molar-refractivity contribution in [2.45, 2.75) is 5.92 Å². The highest BCUT2D eigenvalue weighted by Crippen LogP contribution is 2.41. The van der Waals surface area contributed by atoms with Gasteiger partial charge in [-0.25, -0.2) is 0 Å². The van der Waals surface area contributed by atoms with Gasteiger partial charge in [0, 0.05) is 33.7 Å². The molecule has 3 aromatic carbocycles. The van der Waals surface area contributed by atoms with Gasteiger partial charge in [0.15, 0.2) is 11.6 Å². The summed E-state index contributed by atoms with van der Waals surface area (Å²) in [5.74, 6) is 0.651. The summed E-state index contributed by atoms with van der Waals surface area (Å²) in [5, 5.41) is 0. The first-order valence-corrected chi connectivity index (χ1v) is 8.29. The predicted octanol–water partition coefficient (Wildman–Crippen LogP) is 3.99. The van der Waals surface area contributed by atoms with Gasteiger partial charge in [-0.05, 0) is 11.6 Å². The molecule has 3 aromatic rings. The molecule has 1 unspecified atom stereocenters. The van der Waals surface area contributed by atoms with E-state index in [1.807, 2.05) is 36.4 Å². The number of para-hydroxylation sites is 1. The van der Waals surface area contributed by atoms with Crippen LogP contribution in [0.15, 0.2) is 66.7 Å². The molecule has 5 rings (SSSR count). The minimum Gasteiger partial charge on any atom is -0.492 e. The van der Waals surface area contributed by atoms with E-state index >= 15 is 0 Å². The minimum atomic E-state index is -0.0840. The summed E-state index contributed by atoms with van der Waals surface area (Å²) in [5.41, 5.74) is 3.92. The summed E-state index contributed by atoms with van der Waals surface area (Å²) in [7, 11) is 0. The Balaban J connectivity index is 1.73. The van der Waals surface area contributed by atoms with E-state index in [-0.39, 0.29) is 17.5 Å². The van der Waals surface area contributed by atoms with Gasteiger partial charge in [-0.1, -0.05) is 60.7 Å². The number of benzene rings is 3. The largest absolute Gasteiger partial charge is 0.492 e. The average Bonchev–Trinajstić information content (AvgIpc) is 3.09. The zero-order valence-corrected chi connectivity index (χ0v) is 13.4. The van der Waals surface area contributed by atoms with E-state index in [1.54, 1.807) is 30.3 Å². The Kier molecular flexibility index (Phi) is 2.92. The minimum absolute atomic E-state index is 0.0341. The van der Waals surface area contributed by atoms with Crippen LogP contribution < -0.4 is 4.74 Å². The lowest BCUT2D eigenvalue weighted by atomic mass is 9.78. The van der Waals surface area contributed by atoms with Gasteiger partial charge in [-0.3, -0.25) is 9.59 Å². The summed E-state index contributed by atoms with van der Waals surface area (Å²) in [6.07, 6.45) is 0. The first kappa shape index (κ1) is 14.2. The van der Waals surface area contributed by atoms with Crippen LogP contribution >= 0.6 is 0 Å². The van der Waals surface area contributed by atoms with Gasteiger partial charge in [0.25, 0.3) is 0 Å². The topological polar surface area (TPSA) is 43.4 Å². The van der Waals surface area contributed by atoms with Crippen molar-refractivity contribution in [2.24, 2.45) is 0 Å². The molecule has 0 radical (unpaired) electrons. The molecule has 0 aromatic heterocycles. The van der Waals surface area contributed by atoms with Crippen molar-refractivity contribution < 1.29 is 14.3 Å². The highest BCUT2D eigenvalue weighted by molar-refractivity contribution is 6.28. The summed E-state index contributed by atoms with van der Waals surface area (Å²) >= 11 is 0. The van der Waals surface area contributed by atoms with Crippen LogP contribution in [0.2, 0.25) is 0 Å². The molecule has 25 heavy (non-hydrogen) atoms. The molecule has 120 valence electrons. The van der Waals surface area contributed by atoms with Gasteiger partial charge in [-0.15, -0.1) is 0 Å². The second kappa shape index (κ2) is 5.15. The zero-order chi connectivity index (χ0) is 17.0. The Bertz CT molecular complexity index is 1050. The normalized spacial score (nSPS) is 17.5. The molecule has 1 aliphatic carbocycles. The number of ether oxygens (including phenoxy) is 1.